The van der Waals surface area contributed by atoms with Gasteiger partial charge in [0.2, 0.25) is 0 Å². The first kappa shape index (κ1) is 12.4. The van der Waals surface area contributed by atoms with E-state index in [-0.39, 0.29) is 11.7 Å². The van der Waals surface area contributed by atoms with Gasteiger partial charge >= 0.3 is 0 Å². The van der Waals surface area contributed by atoms with Crippen LogP contribution >= 0.6 is 11.8 Å². The molecule has 1 aromatic carbocycles. The maximum absolute atomic E-state index is 13.4. The summed E-state index contributed by atoms with van der Waals surface area (Å²) in [4.78, 5) is 4.45. The quantitative estimate of drug-likeness (QED) is 0.873. The average molecular weight is 256 g/mol. The molecule has 1 aromatic rings. The third-order valence-corrected chi connectivity index (χ3v) is 3.57. The van der Waals surface area contributed by atoms with Crippen LogP contribution in [0.5, 0.6) is 0 Å². The molecule has 1 N–H and O–H groups in total. The van der Waals surface area contributed by atoms with E-state index in [1.54, 1.807) is 11.8 Å². The van der Waals surface area contributed by atoms with Crippen LogP contribution in [-0.2, 0) is 0 Å². The third kappa shape index (κ3) is 2.97. The topological polar surface area (TPSA) is 24.4 Å². The number of nitrogens with one attached hydrogen (secondary N) is 1. The van der Waals surface area contributed by atoms with Crippen LogP contribution in [0.15, 0.2) is 23.2 Å². The summed E-state index contributed by atoms with van der Waals surface area (Å²) >= 11 is 1.54. The zero-order valence-corrected chi connectivity index (χ0v) is 10.4. The summed E-state index contributed by atoms with van der Waals surface area (Å²) in [5.41, 5.74) is 0.146. The predicted molar refractivity (Wildman–Crippen MR) is 68.6 cm³/mol. The number of thioether (sulfide) groups is 1. The van der Waals surface area contributed by atoms with E-state index in [4.69, 9.17) is 0 Å². The Kier molecular flexibility index (Phi) is 3.99. The van der Waals surface area contributed by atoms with Gasteiger partial charge in [0, 0.05) is 5.75 Å². The largest absolute Gasteiger partial charge is 0.332 e. The van der Waals surface area contributed by atoms with Crippen LogP contribution in [0, 0.1) is 11.6 Å². The Hall–Kier alpha value is -1.10. The molecular formula is C12H14F2N2S. The standard InChI is InChI=1S/C12H14F2N2S/c1-2-8-6-7-17-12(15-8)16-10-5-3-4-9(13)11(10)14/h3-5,8H,2,6-7H2,1H3,(H,15,16). The normalized spacial score (nSPS) is 19.9. The fourth-order valence-corrected chi connectivity index (χ4v) is 2.63. The number of hydrogen-bond donors (Lipinski definition) is 1. The highest BCUT2D eigenvalue weighted by Crippen LogP contribution is 2.23. The molecule has 0 radical (unpaired) electrons. The number of benzene rings is 1. The molecule has 1 heterocycles. The highest BCUT2D eigenvalue weighted by atomic mass is 32.2. The maximum Gasteiger partial charge on any atom is 0.182 e. The summed E-state index contributed by atoms with van der Waals surface area (Å²) in [7, 11) is 0. The van der Waals surface area contributed by atoms with Gasteiger partial charge < -0.3 is 5.32 Å². The van der Waals surface area contributed by atoms with E-state index < -0.39 is 11.6 Å². The predicted octanol–water partition coefficient (Wildman–Crippen LogP) is 3.65. The summed E-state index contributed by atoms with van der Waals surface area (Å²) < 4.78 is 26.4. The molecule has 1 atom stereocenters. The number of rotatable bonds is 2. The fraction of sp³-hybridized carbons (Fsp3) is 0.417. The Balaban J connectivity index is 2.15. The van der Waals surface area contributed by atoms with Crippen LogP contribution < -0.4 is 5.32 Å². The second-order valence-corrected chi connectivity index (χ2v) is 4.94. The minimum atomic E-state index is -0.852. The van der Waals surface area contributed by atoms with Gasteiger partial charge in [-0.3, -0.25) is 4.99 Å². The molecular weight excluding hydrogens is 242 g/mol. The molecule has 17 heavy (non-hydrogen) atoms. The van der Waals surface area contributed by atoms with Gasteiger partial charge in [-0.05, 0) is 25.0 Å². The van der Waals surface area contributed by atoms with Crippen LogP contribution in [0.3, 0.4) is 0 Å². The van der Waals surface area contributed by atoms with E-state index in [0.29, 0.717) is 5.17 Å². The van der Waals surface area contributed by atoms with Crippen LogP contribution in [-0.4, -0.2) is 17.0 Å². The molecule has 2 nitrogen and oxygen atoms in total. The first-order valence-electron chi connectivity index (χ1n) is 5.62. The van der Waals surface area contributed by atoms with Gasteiger partial charge in [-0.1, -0.05) is 24.8 Å². The first-order chi connectivity index (χ1) is 8.20. The minimum absolute atomic E-state index is 0.146. The first-order valence-corrected chi connectivity index (χ1v) is 6.61. The van der Waals surface area contributed by atoms with Gasteiger partial charge in [0.05, 0.1) is 11.7 Å². The summed E-state index contributed by atoms with van der Waals surface area (Å²) in [6, 6.07) is 4.38. The Labute approximate surface area is 104 Å². The lowest BCUT2D eigenvalue weighted by Gasteiger charge is -2.19. The molecule has 0 fully saturated rings. The molecule has 92 valence electrons. The van der Waals surface area contributed by atoms with E-state index in [0.717, 1.165) is 24.7 Å². The zero-order chi connectivity index (χ0) is 12.3. The SMILES string of the molecule is CCC1CCSC(Nc2cccc(F)c2F)=N1. The zero-order valence-electron chi connectivity index (χ0n) is 9.54. The molecule has 0 aromatic heterocycles. The van der Waals surface area contributed by atoms with Crippen molar-refractivity contribution in [1.82, 2.24) is 0 Å². The van der Waals surface area contributed by atoms with E-state index in [1.807, 2.05) is 0 Å². The smallest absolute Gasteiger partial charge is 0.182 e. The highest BCUT2D eigenvalue weighted by Gasteiger charge is 2.16. The molecule has 0 saturated heterocycles. The summed E-state index contributed by atoms with van der Waals surface area (Å²) in [6.45, 7) is 2.07. The number of hydrogen-bond acceptors (Lipinski definition) is 3. The van der Waals surface area contributed by atoms with Gasteiger partial charge in [-0.25, -0.2) is 8.78 Å². The molecule has 0 saturated carbocycles. The minimum Gasteiger partial charge on any atom is -0.332 e. The molecule has 1 unspecified atom stereocenters. The van der Waals surface area contributed by atoms with E-state index in [1.165, 1.54) is 12.1 Å². The average Bonchev–Trinajstić information content (AvgIpc) is 2.35. The molecule has 5 heteroatoms. The molecule has 1 aliphatic rings. The Morgan fingerprint density at radius 2 is 2.29 bits per heavy atom. The highest BCUT2D eigenvalue weighted by molar-refractivity contribution is 8.14. The van der Waals surface area contributed by atoms with Crippen molar-refractivity contribution >= 4 is 22.6 Å². The lowest BCUT2D eigenvalue weighted by Crippen LogP contribution is -2.20. The van der Waals surface area contributed by atoms with Gasteiger partial charge in [0.1, 0.15) is 0 Å². The summed E-state index contributed by atoms with van der Waals surface area (Å²) in [5.74, 6) is -0.737. The Morgan fingerprint density at radius 1 is 1.47 bits per heavy atom. The van der Waals surface area contributed by atoms with Crippen LogP contribution in [0.2, 0.25) is 0 Å². The maximum atomic E-state index is 13.4. The van der Waals surface area contributed by atoms with Crippen molar-refractivity contribution in [1.29, 1.82) is 0 Å². The van der Waals surface area contributed by atoms with E-state index in [2.05, 4.69) is 17.2 Å². The number of nitrogens with zero attached hydrogens (tertiary/aromatic N) is 1. The molecule has 2 rings (SSSR count). The van der Waals surface area contributed by atoms with Crippen molar-refractivity contribution in [3.05, 3.63) is 29.8 Å². The monoisotopic (exact) mass is 256 g/mol. The van der Waals surface area contributed by atoms with Gasteiger partial charge in [-0.2, -0.15) is 0 Å². The fourth-order valence-electron chi connectivity index (χ4n) is 1.64. The molecule has 0 spiro atoms. The van der Waals surface area contributed by atoms with Crippen molar-refractivity contribution in [2.45, 2.75) is 25.8 Å². The Bertz CT molecular complexity index is 435. The van der Waals surface area contributed by atoms with Crippen molar-refractivity contribution in [3.8, 4) is 0 Å². The van der Waals surface area contributed by atoms with E-state index >= 15 is 0 Å². The second kappa shape index (κ2) is 5.49. The second-order valence-electron chi connectivity index (χ2n) is 3.86. The Morgan fingerprint density at radius 3 is 3.06 bits per heavy atom. The molecule has 0 amide bonds. The number of halogens is 2. The lowest BCUT2D eigenvalue weighted by molar-refractivity contribution is 0.512. The number of aliphatic imine (C=N–C) groups is 1. The summed E-state index contributed by atoms with van der Waals surface area (Å²) in [5, 5.41) is 3.53. The van der Waals surface area contributed by atoms with Gasteiger partial charge in [-0.15, -0.1) is 0 Å². The molecule has 1 aliphatic heterocycles. The molecule has 0 aliphatic carbocycles. The van der Waals surface area contributed by atoms with Crippen LogP contribution in [0.1, 0.15) is 19.8 Å². The summed E-state index contributed by atoms with van der Waals surface area (Å²) in [6.07, 6.45) is 2.01. The van der Waals surface area contributed by atoms with Crippen molar-refractivity contribution in [2.24, 2.45) is 4.99 Å². The van der Waals surface area contributed by atoms with Crippen molar-refractivity contribution in [2.75, 3.05) is 11.1 Å². The van der Waals surface area contributed by atoms with Gasteiger partial charge in [0.15, 0.2) is 16.8 Å². The van der Waals surface area contributed by atoms with E-state index in [9.17, 15) is 8.78 Å². The van der Waals surface area contributed by atoms with Crippen LogP contribution in [0.4, 0.5) is 14.5 Å². The third-order valence-electron chi connectivity index (χ3n) is 2.65. The number of amidine groups is 1. The van der Waals surface area contributed by atoms with Crippen LogP contribution in [0.25, 0.3) is 0 Å². The van der Waals surface area contributed by atoms with Gasteiger partial charge in [0.25, 0.3) is 0 Å². The molecule has 0 bridgehead atoms. The van der Waals surface area contributed by atoms with Crippen molar-refractivity contribution in [3.63, 3.8) is 0 Å². The lowest BCUT2D eigenvalue weighted by atomic mass is 10.2. The number of anilines is 1. The van der Waals surface area contributed by atoms with Crippen molar-refractivity contribution < 1.29 is 8.78 Å².